The molecule has 0 heterocycles. The topological polar surface area (TPSA) is 55.4 Å². The molecule has 0 radical (unpaired) electrons. The molecule has 4 nitrogen and oxygen atoms in total. The predicted molar refractivity (Wildman–Crippen MR) is 104 cm³/mol. The van der Waals surface area contributed by atoms with Crippen LogP contribution in [0.5, 0.6) is 0 Å². The van der Waals surface area contributed by atoms with E-state index in [1.165, 1.54) is 44.1 Å². The van der Waals surface area contributed by atoms with Gasteiger partial charge in [0, 0.05) is 10.9 Å². The molecular weight excluding hydrogens is 394 g/mol. The first-order valence-electron chi connectivity index (χ1n) is 10.3. The third-order valence-electron chi connectivity index (χ3n) is 6.91. The first-order chi connectivity index (χ1) is 12.5. The number of carbonyl (C=O) groups excluding carboxylic acids is 2. The van der Waals surface area contributed by atoms with Gasteiger partial charge >= 0.3 is 5.97 Å². The van der Waals surface area contributed by atoms with Gasteiger partial charge in [0.2, 0.25) is 0 Å². The zero-order valence-electron chi connectivity index (χ0n) is 15.5. The molecule has 4 atom stereocenters. The maximum absolute atomic E-state index is 12.8. The number of esters is 1. The normalized spacial score (nSPS) is 38.0. The molecule has 5 aliphatic carbocycles. The first kappa shape index (κ1) is 18.5. The van der Waals surface area contributed by atoms with Crippen LogP contribution in [0.4, 0.5) is 0 Å². The van der Waals surface area contributed by atoms with Crippen LogP contribution in [0, 0.1) is 17.3 Å². The molecule has 4 bridgehead atoms. The largest absolute Gasteiger partial charge is 0.455 e. The SMILES string of the molecule is O=C(COC(=O)C12C[C@@H]3C[C@@H](CC(Br)(C3)C1)C2)NCCC1=CCCCC1. The molecule has 0 aliphatic heterocycles. The lowest BCUT2D eigenvalue weighted by atomic mass is 9.49. The zero-order valence-corrected chi connectivity index (χ0v) is 17.1. The van der Waals surface area contributed by atoms with E-state index in [4.69, 9.17) is 4.74 Å². The summed E-state index contributed by atoms with van der Waals surface area (Å²) in [5.74, 6) is 0.968. The van der Waals surface area contributed by atoms with E-state index in [0.29, 0.717) is 18.4 Å². The Morgan fingerprint density at radius 3 is 2.62 bits per heavy atom. The molecule has 0 aromatic carbocycles. The van der Waals surface area contributed by atoms with Gasteiger partial charge in [-0.15, -0.1) is 0 Å². The number of hydrogen-bond donors (Lipinski definition) is 1. The Hall–Kier alpha value is -0.840. The van der Waals surface area contributed by atoms with Crippen LogP contribution in [0.15, 0.2) is 11.6 Å². The minimum absolute atomic E-state index is 0.131. The van der Waals surface area contributed by atoms with Crippen molar-refractivity contribution in [1.29, 1.82) is 0 Å². The van der Waals surface area contributed by atoms with Crippen LogP contribution in [0.1, 0.15) is 70.6 Å². The maximum Gasteiger partial charge on any atom is 0.312 e. The van der Waals surface area contributed by atoms with E-state index in [1.54, 1.807) is 0 Å². The van der Waals surface area contributed by atoms with Crippen molar-refractivity contribution in [2.75, 3.05) is 13.2 Å². The fraction of sp³-hybridized carbons (Fsp3) is 0.810. The highest BCUT2D eigenvalue weighted by Crippen LogP contribution is 2.64. The second-order valence-corrected chi connectivity index (χ2v) is 10.9. The predicted octanol–water partition coefficient (Wildman–Crippen LogP) is 4.27. The molecule has 1 amide bonds. The molecule has 4 saturated carbocycles. The zero-order chi connectivity index (χ0) is 18.2. The van der Waals surface area contributed by atoms with Gasteiger partial charge < -0.3 is 10.1 Å². The molecule has 0 aromatic heterocycles. The number of allylic oxidation sites excluding steroid dienone is 1. The average Bonchev–Trinajstić information content (AvgIpc) is 2.58. The molecule has 144 valence electrons. The van der Waals surface area contributed by atoms with Gasteiger partial charge in [0.1, 0.15) is 0 Å². The van der Waals surface area contributed by atoms with Gasteiger partial charge in [-0.05, 0) is 82.5 Å². The molecule has 26 heavy (non-hydrogen) atoms. The number of ether oxygens (including phenoxy) is 1. The van der Waals surface area contributed by atoms with Crippen LogP contribution in [0.2, 0.25) is 0 Å². The number of carbonyl (C=O) groups is 2. The van der Waals surface area contributed by atoms with Gasteiger partial charge in [-0.2, -0.15) is 0 Å². The lowest BCUT2D eigenvalue weighted by Crippen LogP contribution is -2.56. The lowest BCUT2D eigenvalue weighted by molar-refractivity contribution is -0.171. The molecule has 4 fully saturated rings. The first-order valence-corrected chi connectivity index (χ1v) is 11.1. The van der Waals surface area contributed by atoms with E-state index in [0.717, 1.165) is 32.1 Å². The van der Waals surface area contributed by atoms with Gasteiger partial charge in [-0.25, -0.2) is 0 Å². The van der Waals surface area contributed by atoms with Crippen molar-refractivity contribution in [3.05, 3.63) is 11.6 Å². The summed E-state index contributed by atoms with van der Waals surface area (Å²) >= 11 is 3.92. The van der Waals surface area contributed by atoms with Gasteiger partial charge in [0.25, 0.3) is 5.91 Å². The Bertz CT molecular complexity index is 600. The minimum Gasteiger partial charge on any atom is -0.455 e. The molecule has 0 spiro atoms. The molecule has 5 aliphatic rings. The fourth-order valence-electron chi connectivity index (χ4n) is 6.22. The number of amides is 1. The highest BCUT2D eigenvalue weighted by molar-refractivity contribution is 9.10. The second kappa shape index (κ2) is 7.29. The van der Waals surface area contributed by atoms with E-state index in [-0.39, 0.29) is 28.2 Å². The Kier molecular flexibility index (Phi) is 5.19. The van der Waals surface area contributed by atoms with E-state index in [1.807, 2.05) is 0 Å². The fourth-order valence-corrected chi connectivity index (χ4v) is 7.67. The molecule has 0 aromatic rings. The number of halogens is 1. The maximum atomic E-state index is 12.8. The quantitative estimate of drug-likeness (QED) is 0.394. The van der Waals surface area contributed by atoms with Crippen LogP contribution in [0.25, 0.3) is 0 Å². The van der Waals surface area contributed by atoms with E-state index in [2.05, 4.69) is 27.3 Å². The summed E-state index contributed by atoms with van der Waals surface area (Å²) in [6, 6.07) is 0. The summed E-state index contributed by atoms with van der Waals surface area (Å²) in [5.41, 5.74) is 1.10. The molecule has 5 heteroatoms. The van der Waals surface area contributed by atoms with Crippen LogP contribution < -0.4 is 5.32 Å². The number of alkyl halides is 1. The summed E-state index contributed by atoms with van der Waals surface area (Å²) in [7, 11) is 0. The van der Waals surface area contributed by atoms with Crippen LogP contribution >= 0.6 is 15.9 Å². The van der Waals surface area contributed by atoms with Crippen molar-refractivity contribution < 1.29 is 14.3 Å². The van der Waals surface area contributed by atoms with Gasteiger partial charge in [-0.3, -0.25) is 9.59 Å². The van der Waals surface area contributed by atoms with Crippen molar-refractivity contribution in [1.82, 2.24) is 5.32 Å². The summed E-state index contributed by atoms with van der Waals surface area (Å²) < 4.78 is 5.62. The van der Waals surface area contributed by atoms with Crippen LogP contribution in [-0.2, 0) is 14.3 Å². The van der Waals surface area contributed by atoms with Crippen molar-refractivity contribution >= 4 is 27.8 Å². The number of nitrogens with one attached hydrogen (secondary N) is 1. The average molecular weight is 424 g/mol. The Labute approximate surface area is 164 Å². The highest BCUT2D eigenvalue weighted by Gasteiger charge is 2.60. The third kappa shape index (κ3) is 3.88. The highest BCUT2D eigenvalue weighted by atomic mass is 79.9. The lowest BCUT2D eigenvalue weighted by Gasteiger charge is -2.58. The summed E-state index contributed by atoms with van der Waals surface area (Å²) in [6.45, 7) is 0.506. The van der Waals surface area contributed by atoms with E-state index < -0.39 is 0 Å². The van der Waals surface area contributed by atoms with Gasteiger partial charge in [-0.1, -0.05) is 27.6 Å². The van der Waals surface area contributed by atoms with Crippen molar-refractivity contribution in [3.63, 3.8) is 0 Å². The van der Waals surface area contributed by atoms with Crippen molar-refractivity contribution in [2.45, 2.75) is 75.0 Å². The number of hydrogen-bond acceptors (Lipinski definition) is 3. The summed E-state index contributed by atoms with van der Waals surface area (Å²) in [5, 5.41) is 2.90. The van der Waals surface area contributed by atoms with Crippen molar-refractivity contribution in [3.8, 4) is 0 Å². The molecular formula is C21H30BrNO3. The molecule has 2 unspecified atom stereocenters. The van der Waals surface area contributed by atoms with Crippen LogP contribution in [-0.4, -0.2) is 29.4 Å². The minimum atomic E-state index is -0.346. The third-order valence-corrected chi connectivity index (χ3v) is 7.84. The Morgan fingerprint density at radius 2 is 1.96 bits per heavy atom. The van der Waals surface area contributed by atoms with Gasteiger partial charge in [0.05, 0.1) is 5.41 Å². The number of rotatable bonds is 6. The van der Waals surface area contributed by atoms with E-state index in [9.17, 15) is 9.59 Å². The Morgan fingerprint density at radius 1 is 1.19 bits per heavy atom. The van der Waals surface area contributed by atoms with Gasteiger partial charge in [0.15, 0.2) is 6.61 Å². The monoisotopic (exact) mass is 423 g/mol. The molecule has 5 rings (SSSR count). The van der Waals surface area contributed by atoms with Crippen molar-refractivity contribution in [2.24, 2.45) is 17.3 Å². The summed E-state index contributed by atoms with van der Waals surface area (Å²) in [6.07, 6.45) is 14.5. The molecule has 0 saturated heterocycles. The van der Waals surface area contributed by atoms with Crippen LogP contribution in [0.3, 0.4) is 0 Å². The Balaban J connectivity index is 1.24. The standard InChI is InChI=1S/C21H30BrNO3/c22-21-11-16-8-17(12-21)10-20(9-16,14-21)19(25)26-13-18(24)23-7-6-15-4-2-1-3-5-15/h4,16-17H,1-3,5-14H2,(H,23,24)/t16-,17+,20?,21?. The second-order valence-electron chi connectivity index (χ2n) is 9.18. The smallest absolute Gasteiger partial charge is 0.312 e. The molecule has 1 N–H and O–H groups in total. The van der Waals surface area contributed by atoms with E-state index >= 15 is 0 Å². The summed E-state index contributed by atoms with van der Waals surface area (Å²) in [4.78, 5) is 24.9.